The molecule has 1 unspecified atom stereocenters. The Balaban J connectivity index is 2.03. The fourth-order valence-corrected chi connectivity index (χ4v) is 1.19. The molecular formula is C6H10N2O. The van der Waals surface area contributed by atoms with Gasteiger partial charge in [-0.3, -0.25) is 0 Å². The molecule has 0 aromatic rings. The normalized spacial score (nSPS) is 34.0. The lowest BCUT2D eigenvalue weighted by Crippen LogP contribution is -2.46. The number of hydrogen-bond acceptors (Lipinski definition) is 3. The van der Waals surface area contributed by atoms with Crippen molar-refractivity contribution in [3.63, 3.8) is 0 Å². The van der Waals surface area contributed by atoms with Gasteiger partial charge in [0, 0.05) is 12.7 Å². The van der Waals surface area contributed by atoms with E-state index in [1.165, 1.54) is 0 Å². The summed E-state index contributed by atoms with van der Waals surface area (Å²) in [6.07, 6.45) is 4.10. The van der Waals surface area contributed by atoms with Crippen molar-refractivity contribution in [3.8, 4) is 0 Å². The van der Waals surface area contributed by atoms with Gasteiger partial charge in [0.25, 0.3) is 0 Å². The summed E-state index contributed by atoms with van der Waals surface area (Å²) in [4.78, 5) is 0. The van der Waals surface area contributed by atoms with Crippen LogP contribution in [-0.4, -0.2) is 30.8 Å². The molecule has 50 valence electrons. The monoisotopic (exact) mass is 126 g/mol. The van der Waals surface area contributed by atoms with Crippen molar-refractivity contribution in [2.24, 2.45) is 0 Å². The van der Waals surface area contributed by atoms with Gasteiger partial charge >= 0.3 is 0 Å². The molecule has 3 heteroatoms. The maximum atomic E-state index is 5.25. The second-order valence-electron chi connectivity index (χ2n) is 2.32. The molecule has 0 saturated carbocycles. The second-order valence-corrected chi connectivity index (χ2v) is 2.32. The first-order valence-corrected chi connectivity index (χ1v) is 3.24. The first-order valence-electron chi connectivity index (χ1n) is 3.24. The van der Waals surface area contributed by atoms with Crippen LogP contribution in [0, 0.1) is 0 Å². The summed E-state index contributed by atoms with van der Waals surface area (Å²) in [6, 6.07) is 0.485. The van der Waals surface area contributed by atoms with Gasteiger partial charge in [-0.1, -0.05) is 0 Å². The smallest absolute Gasteiger partial charge is 0.0723 e. The topological polar surface area (TPSA) is 24.5 Å². The van der Waals surface area contributed by atoms with Crippen molar-refractivity contribution in [1.29, 1.82) is 0 Å². The molecule has 2 rings (SSSR count). The van der Waals surface area contributed by atoms with Crippen molar-refractivity contribution in [2.45, 2.75) is 6.04 Å². The molecular weight excluding hydrogens is 116 g/mol. The lowest BCUT2D eigenvalue weighted by Gasteiger charge is -2.28. The zero-order chi connectivity index (χ0) is 6.10. The molecule has 0 aromatic heterocycles. The molecule has 1 atom stereocenters. The van der Waals surface area contributed by atoms with Gasteiger partial charge in [-0.25, -0.2) is 5.01 Å². The summed E-state index contributed by atoms with van der Waals surface area (Å²) in [5, 5.41) is 2.18. The molecule has 2 aliphatic rings. The van der Waals surface area contributed by atoms with Gasteiger partial charge in [-0.2, -0.15) is 0 Å². The average Bonchev–Trinajstić information content (AvgIpc) is 2.33. The fourth-order valence-electron chi connectivity index (χ4n) is 1.19. The minimum absolute atomic E-state index is 0.485. The fraction of sp³-hybridized carbons (Fsp3) is 0.667. The van der Waals surface area contributed by atoms with E-state index in [1.54, 1.807) is 0 Å². The first-order chi connectivity index (χ1) is 4.47. The van der Waals surface area contributed by atoms with Gasteiger partial charge in [0.15, 0.2) is 0 Å². The zero-order valence-corrected chi connectivity index (χ0v) is 5.21. The maximum Gasteiger partial charge on any atom is 0.0723 e. The van der Waals surface area contributed by atoms with Crippen LogP contribution >= 0.6 is 0 Å². The highest BCUT2D eigenvalue weighted by atomic mass is 16.5. The van der Waals surface area contributed by atoms with Crippen LogP contribution in [0.4, 0.5) is 0 Å². The Hall–Kier alpha value is -0.540. The summed E-state index contributed by atoms with van der Waals surface area (Å²) in [6.45, 7) is 2.69. The minimum Gasteiger partial charge on any atom is -0.378 e. The Morgan fingerprint density at radius 1 is 1.67 bits per heavy atom. The highest BCUT2D eigenvalue weighted by molar-refractivity contribution is 4.99. The second kappa shape index (κ2) is 2.01. The van der Waals surface area contributed by atoms with Gasteiger partial charge in [0.1, 0.15) is 0 Å². The van der Waals surface area contributed by atoms with Crippen molar-refractivity contribution in [1.82, 2.24) is 10.4 Å². The third-order valence-electron chi connectivity index (χ3n) is 1.72. The van der Waals surface area contributed by atoms with E-state index in [0.29, 0.717) is 6.04 Å². The molecule has 0 aromatic carbocycles. The first kappa shape index (κ1) is 5.26. The number of fused-ring (bicyclic) bond motifs is 1. The Bertz CT molecular complexity index is 135. The van der Waals surface area contributed by atoms with Gasteiger partial charge in [-0.05, 0) is 6.08 Å². The number of morpholine rings is 1. The average molecular weight is 126 g/mol. The van der Waals surface area contributed by atoms with Gasteiger partial charge in [0.2, 0.25) is 0 Å². The lowest BCUT2D eigenvalue weighted by molar-refractivity contribution is 0.00135. The predicted molar refractivity (Wildman–Crippen MR) is 33.6 cm³/mol. The van der Waals surface area contributed by atoms with Gasteiger partial charge in [-0.15, -0.1) is 0 Å². The molecule has 1 N–H and O–H groups in total. The summed E-state index contributed by atoms with van der Waals surface area (Å²) in [7, 11) is 0. The van der Waals surface area contributed by atoms with Crippen LogP contribution in [0.2, 0.25) is 0 Å². The SMILES string of the molecule is C1=CC2COCCN2N1. The number of ether oxygens (including phenoxy) is 1. The summed E-state index contributed by atoms with van der Waals surface area (Å²) in [5.41, 5.74) is 3.13. The molecule has 1 fully saturated rings. The van der Waals surface area contributed by atoms with E-state index in [0.717, 1.165) is 19.8 Å². The number of hydrazine groups is 1. The van der Waals surface area contributed by atoms with E-state index in [-0.39, 0.29) is 0 Å². The van der Waals surface area contributed by atoms with Crippen LogP contribution < -0.4 is 5.43 Å². The van der Waals surface area contributed by atoms with Crippen LogP contribution in [0.15, 0.2) is 12.3 Å². The highest BCUT2D eigenvalue weighted by Crippen LogP contribution is 2.08. The van der Waals surface area contributed by atoms with Crippen LogP contribution in [0.25, 0.3) is 0 Å². The predicted octanol–water partition coefficient (Wildman–Crippen LogP) is -0.281. The van der Waals surface area contributed by atoms with Crippen molar-refractivity contribution >= 4 is 0 Å². The van der Waals surface area contributed by atoms with Crippen molar-refractivity contribution in [2.75, 3.05) is 19.8 Å². The maximum absolute atomic E-state index is 5.25. The Morgan fingerprint density at radius 2 is 2.67 bits per heavy atom. The standard InChI is InChI=1S/C6H10N2O/c1-2-7-8-3-4-9-5-6(1)8/h1-2,6-7H,3-5H2. The molecule has 9 heavy (non-hydrogen) atoms. The molecule has 0 radical (unpaired) electrons. The van der Waals surface area contributed by atoms with E-state index in [1.807, 2.05) is 6.20 Å². The molecule has 0 amide bonds. The van der Waals surface area contributed by atoms with E-state index in [4.69, 9.17) is 4.74 Å². The van der Waals surface area contributed by atoms with Crippen LogP contribution in [0.1, 0.15) is 0 Å². The van der Waals surface area contributed by atoms with Crippen LogP contribution in [0.3, 0.4) is 0 Å². The zero-order valence-electron chi connectivity index (χ0n) is 5.21. The molecule has 3 nitrogen and oxygen atoms in total. The van der Waals surface area contributed by atoms with Crippen LogP contribution in [-0.2, 0) is 4.74 Å². The van der Waals surface area contributed by atoms with E-state index in [2.05, 4.69) is 16.5 Å². The third kappa shape index (κ3) is 0.821. The van der Waals surface area contributed by atoms with Gasteiger partial charge in [0.05, 0.1) is 19.3 Å². The summed E-state index contributed by atoms with van der Waals surface area (Å²) < 4.78 is 5.25. The quantitative estimate of drug-likeness (QED) is 0.483. The molecule has 1 saturated heterocycles. The molecule has 0 bridgehead atoms. The summed E-state index contributed by atoms with van der Waals surface area (Å²) >= 11 is 0. The van der Waals surface area contributed by atoms with Crippen molar-refractivity contribution in [3.05, 3.63) is 12.3 Å². The Labute approximate surface area is 54.3 Å². The van der Waals surface area contributed by atoms with E-state index >= 15 is 0 Å². The molecule has 0 spiro atoms. The molecule has 2 aliphatic heterocycles. The number of rotatable bonds is 0. The van der Waals surface area contributed by atoms with Gasteiger partial charge < -0.3 is 10.2 Å². The Morgan fingerprint density at radius 3 is 3.56 bits per heavy atom. The van der Waals surface area contributed by atoms with E-state index < -0.39 is 0 Å². The number of nitrogens with zero attached hydrogens (tertiary/aromatic N) is 1. The highest BCUT2D eigenvalue weighted by Gasteiger charge is 2.22. The van der Waals surface area contributed by atoms with E-state index in [9.17, 15) is 0 Å². The number of hydrogen-bond donors (Lipinski definition) is 1. The third-order valence-corrected chi connectivity index (χ3v) is 1.72. The molecule has 0 aliphatic carbocycles. The molecule has 2 heterocycles. The number of nitrogens with one attached hydrogen (secondary N) is 1. The largest absolute Gasteiger partial charge is 0.378 e. The summed E-state index contributed by atoms with van der Waals surface area (Å²) in [5.74, 6) is 0. The Kier molecular flexibility index (Phi) is 1.17. The van der Waals surface area contributed by atoms with Crippen LogP contribution in [0.5, 0.6) is 0 Å². The lowest BCUT2D eigenvalue weighted by atomic mass is 10.3. The minimum atomic E-state index is 0.485. The van der Waals surface area contributed by atoms with Crippen molar-refractivity contribution < 1.29 is 4.74 Å².